The molecule has 0 bridgehead atoms. The predicted octanol–water partition coefficient (Wildman–Crippen LogP) is 2.39. The summed E-state index contributed by atoms with van der Waals surface area (Å²) in [5, 5.41) is 0. The van der Waals surface area contributed by atoms with Crippen LogP contribution in [0.2, 0.25) is 0 Å². The summed E-state index contributed by atoms with van der Waals surface area (Å²) in [5.41, 5.74) is -2.60. The first kappa shape index (κ1) is 17.7. The van der Waals surface area contributed by atoms with Gasteiger partial charge in [-0.25, -0.2) is 9.18 Å². The molecule has 3 atom stereocenters. The molecule has 0 saturated carbocycles. The molecule has 0 spiro atoms. The third kappa shape index (κ3) is 4.84. The smallest absolute Gasteiger partial charge is 0.460 e. The van der Waals surface area contributed by atoms with Crippen LogP contribution in [0.25, 0.3) is 0 Å². The van der Waals surface area contributed by atoms with Crippen LogP contribution in [0.5, 0.6) is 0 Å². The lowest BCUT2D eigenvalue weighted by Crippen LogP contribution is -2.47. The number of ether oxygens (including phenoxy) is 4. The molecule has 7 heteroatoms. The summed E-state index contributed by atoms with van der Waals surface area (Å²) in [5.74, 6) is -0.443. The molecule has 122 valence electrons. The molecule has 0 radical (unpaired) electrons. The van der Waals surface area contributed by atoms with Crippen molar-refractivity contribution >= 4 is 12.1 Å². The van der Waals surface area contributed by atoms with Gasteiger partial charge in [-0.15, -0.1) is 0 Å². The Morgan fingerprint density at radius 2 is 1.95 bits per heavy atom. The Kier molecular flexibility index (Phi) is 5.55. The van der Waals surface area contributed by atoms with Crippen molar-refractivity contribution in [2.45, 2.75) is 64.0 Å². The molecule has 1 heterocycles. The van der Waals surface area contributed by atoms with E-state index in [1.807, 2.05) is 0 Å². The maximum Gasteiger partial charge on any atom is 0.508 e. The van der Waals surface area contributed by atoms with E-state index in [2.05, 4.69) is 4.74 Å². The molecular weight excluding hydrogens is 283 g/mol. The third-order valence-corrected chi connectivity index (χ3v) is 3.62. The summed E-state index contributed by atoms with van der Waals surface area (Å²) in [6, 6.07) is 0. The van der Waals surface area contributed by atoms with Gasteiger partial charge in [0, 0.05) is 6.92 Å². The second-order valence-corrected chi connectivity index (χ2v) is 5.89. The lowest BCUT2D eigenvalue weighted by molar-refractivity contribution is -0.184. The van der Waals surface area contributed by atoms with E-state index >= 15 is 0 Å². The van der Waals surface area contributed by atoms with Crippen molar-refractivity contribution in [1.29, 1.82) is 0 Å². The third-order valence-electron chi connectivity index (χ3n) is 3.62. The van der Waals surface area contributed by atoms with Crippen LogP contribution in [0.3, 0.4) is 0 Å². The van der Waals surface area contributed by atoms with Crippen molar-refractivity contribution in [2.24, 2.45) is 0 Å². The van der Waals surface area contributed by atoms with Gasteiger partial charge in [0.05, 0.1) is 7.11 Å². The first-order chi connectivity index (χ1) is 9.58. The molecule has 0 amide bonds. The largest absolute Gasteiger partial charge is 0.508 e. The van der Waals surface area contributed by atoms with E-state index in [4.69, 9.17) is 14.2 Å². The zero-order valence-corrected chi connectivity index (χ0v) is 13.1. The van der Waals surface area contributed by atoms with Gasteiger partial charge < -0.3 is 18.9 Å². The number of esters is 1. The fourth-order valence-corrected chi connectivity index (χ4v) is 2.30. The quantitative estimate of drug-likeness (QED) is 0.746. The zero-order chi connectivity index (χ0) is 16.3. The van der Waals surface area contributed by atoms with E-state index in [9.17, 15) is 14.0 Å². The Morgan fingerprint density at radius 3 is 2.48 bits per heavy atom. The molecule has 1 fully saturated rings. The molecule has 0 aliphatic carbocycles. The van der Waals surface area contributed by atoms with Crippen LogP contribution < -0.4 is 0 Å². The maximum absolute atomic E-state index is 14.7. The first-order valence-electron chi connectivity index (χ1n) is 6.83. The number of alkyl halides is 1. The van der Waals surface area contributed by atoms with E-state index in [-0.39, 0.29) is 13.0 Å². The molecule has 1 aliphatic rings. The Labute approximate surface area is 123 Å². The van der Waals surface area contributed by atoms with Gasteiger partial charge in [0.25, 0.3) is 0 Å². The van der Waals surface area contributed by atoms with Gasteiger partial charge >= 0.3 is 12.1 Å². The molecule has 1 aliphatic heterocycles. The SMILES string of the molecule is COC(=O)OC[C@H]1OC(C)(C)[C@H](OC(C)=O)CC[C@]1(C)F. The number of carbonyl (C=O) groups excluding carboxylic acids is 2. The molecule has 21 heavy (non-hydrogen) atoms. The van der Waals surface area contributed by atoms with Crippen LogP contribution in [-0.2, 0) is 23.7 Å². The van der Waals surface area contributed by atoms with Gasteiger partial charge in [-0.2, -0.15) is 0 Å². The van der Waals surface area contributed by atoms with E-state index < -0.39 is 35.6 Å². The second-order valence-electron chi connectivity index (χ2n) is 5.89. The standard InChI is InChI=1S/C14H23FO6/c1-9(16)20-10-6-7-14(4,15)11(21-13(10,2)3)8-19-12(17)18-5/h10-11H,6-8H2,1-5H3/t10-,11-,14+/m1/s1. The van der Waals surface area contributed by atoms with Crippen molar-refractivity contribution in [3.8, 4) is 0 Å². The van der Waals surface area contributed by atoms with E-state index in [0.29, 0.717) is 6.42 Å². The Bertz CT molecular complexity index is 393. The number of rotatable bonds is 3. The van der Waals surface area contributed by atoms with Crippen LogP contribution in [0, 0.1) is 0 Å². The van der Waals surface area contributed by atoms with Crippen molar-refractivity contribution < 1.29 is 32.9 Å². The Balaban J connectivity index is 2.84. The second kappa shape index (κ2) is 6.60. The average molecular weight is 306 g/mol. The normalized spacial score (nSPS) is 31.9. The predicted molar refractivity (Wildman–Crippen MR) is 71.6 cm³/mol. The summed E-state index contributed by atoms with van der Waals surface area (Å²) in [7, 11) is 1.17. The minimum absolute atomic E-state index is 0.129. The minimum Gasteiger partial charge on any atom is -0.460 e. The van der Waals surface area contributed by atoms with Gasteiger partial charge in [0.1, 0.15) is 30.1 Å². The monoisotopic (exact) mass is 306 g/mol. The molecule has 0 N–H and O–H groups in total. The molecule has 6 nitrogen and oxygen atoms in total. The highest BCUT2D eigenvalue weighted by Crippen LogP contribution is 2.37. The zero-order valence-electron chi connectivity index (χ0n) is 13.1. The van der Waals surface area contributed by atoms with Gasteiger partial charge in [-0.1, -0.05) is 0 Å². The summed E-state index contributed by atoms with van der Waals surface area (Å²) >= 11 is 0. The summed E-state index contributed by atoms with van der Waals surface area (Å²) in [4.78, 5) is 22.2. The fourth-order valence-electron chi connectivity index (χ4n) is 2.30. The highest BCUT2D eigenvalue weighted by atomic mass is 19.1. The lowest BCUT2D eigenvalue weighted by atomic mass is 9.93. The van der Waals surface area contributed by atoms with Crippen LogP contribution in [0.15, 0.2) is 0 Å². The van der Waals surface area contributed by atoms with Crippen LogP contribution in [0.4, 0.5) is 9.18 Å². The minimum atomic E-state index is -1.71. The summed E-state index contributed by atoms with van der Waals surface area (Å²) in [6.45, 7) is 5.84. The van der Waals surface area contributed by atoms with Gasteiger partial charge in [-0.3, -0.25) is 4.79 Å². The highest BCUT2D eigenvalue weighted by molar-refractivity contribution is 5.66. The number of carbonyl (C=O) groups is 2. The van der Waals surface area contributed by atoms with Crippen molar-refractivity contribution in [3.63, 3.8) is 0 Å². The van der Waals surface area contributed by atoms with E-state index in [1.165, 1.54) is 21.0 Å². The molecule has 0 aromatic carbocycles. The molecule has 0 aromatic rings. The van der Waals surface area contributed by atoms with Crippen molar-refractivity contribution in [2.75, 3.05) is 13.7 Å². The Morgan fingerprint density at radius 1 is 1.33 bits per heavy atom. The molecule has 1 saturated heterocycles. The fraction of sp³-hybridized carbons (Fsp3) is 0.857. The number of methoxy groups -OCH3 is 1. The molecule has 1 rings (SSSR count). The van der Waals surface area contributed by atoms with Gasteiger partial charge in [0.15, 0.2) is 0 Å². The topological polar surface area (TPSA) is 71.1 Å². The molecule has 0 unspecified atom stereocenters. The van der Waals surface area contributed by atoms with Crippen LogP contribution >= 0.6 is 0 Å². The summed E-state index contributed by atoms with van der Waals surface area (Å²) < 4.78 is 34.8. The van der Waals surface area contributed by atoms with Crippen LogP contribution in [-0.4, -0.2) is 49.3 Å². The number of hydrogen-bond donors (Lipinski definition) is 0. The number of hydrogen-bond acceptors (Lipinski definition) is 6. The molecule has 0 aromatic heterocycles. The van der Waals surface area contributed by atoms with Gasteiger partial charge in [0.2, 0.25) is 0 Å². The Hall–Kier alpha value is -1.37. The lowest BCUT2D eigenvalue weighted by Gasteiger charge is -2.35. The van der Waals surface area contributed by atoms with Crippen LogP contribution in [0.1, 0.15) is 40.5 Å². The first-order valence-corrected chi connectivity index (χ1v) is 6.83. The van der Waals surface area contributed by atoms with E-state index in [0.717, 1.165) is 0 Å². The summed E-state index contributed by atoms with van der Waals surface area (Å²) in [6.07, 6.45) is -1.97. The average Bonchev–Trinajstić information content (AvgIpc) is 2.45. The maximum atomic E-state index is 14.7. The van der Waals surface area contributed by atoms with Gasteiger partial charge in [-0.05, 0) is 33.6 Å². The van der Waals surface area contributed by atoms with Crippen molar-refractivity contribution in [1.82, 2.24) is 0 Å². The molecular formula is C14H23FO6. The number of halogens is 1. The highest BCUT2D eigenvalue weighted by Gasteiger charge is 2.47. The van der Waals surface area contributed by atoms with Crippen molar-refractivity contribution in [3.05, 3.63) is 0 Å². The van der Waals surface area contributed by atoms with E-state index in [1.54, 1.807) is 13.8 Å².